The first kappa shape index (κ1) is 9.47. The van der Waals surface area contributed by atoms with E-state index in [0.717, 1.165) is 6.42 Å². The minimum absolute atomic E-state index is 0.620. The molecule has 0 nitrogen and oxygen atoms in total. The summed E-state index contributed by atoms with van der Waals surface area (Å²) in [5.41, 5.74) is 1.43. The van der Waals surface area contributed by atoms with E-state index in [-0.39, 0.29) is 0 Å². The summed E-state index contributed by atoms with van der Waals surface area (Å²) < 4.78 is 0. The lowest BCUT2D eigenvalue weighted by molar-refractivity contribution is 0.769. The summed E-state index contributed by atoms with van der Waals surface area (Å²) in [6.07, 6.45) is 1.15. The third-order valence-corrected chi connectivity index (χ3v) is 3.35. The van der Waals surface area contributed by atoms with E-state index in [2.05, 4.69) is 54.8 Å². The third kappa shape index (κ3) is 2.24. The van der Waals surface area contributed by atoms with Crippen LogP contribution in [0.4, 0.5) is 0 Å². The topological polar surface area (TPSA) is 0 Å². The molecule has 1 heteroatoms. The minimum Gasteiger partial charge on any atom is -0.149 e. The molecule has 0 radical (unpaired) electrons. The molecule has 14 heavy (non-hydrogen) atoms. The van der Waals surface area contributed by atoms with Gasteiger partial charge in [-0.15, -0.1) is 11.3 Å². The van der Waals surface area contributed by atoms with Crippen LogP contribution in [0.1, 0.15) is 23.3 Å². The quantitative estimate of drug-likeness (QED) is 0.703. The van der Waals surface area contributed by atoms with Gasteiger partial charge in [-0.25, -0.2) is 0 Å². The molecule has 0 N–H and O–H groups in total. The summed E-state index contributed by atoms with van der Waals surface area (Å²) in [5.74, 6) is 0.620. The SMILES string of the molecule is CC(Cc1cccs1)c1ccccc1. The summed E-state index contributed by atoms with van der Waals surface area (Å²) in [6.45, 7) is 2.29. The average molecular weight is 202 g/mol. The summed E-state index contributed by atoms with van der Waals surface area (Å²) in [5, 5.41) is 2.15. The molecular formula is C13H14S. The van der Waals surface area contributed by atoms with Gasteiger partial charge in [-0.3, -0.25) is 0 Å². The van der Waals surface area contributed by atoms with Gasteiger partial charge in [0.1, 0.15) is 0 Å². The van der Waals surface area contributed by atoms with Crippen molar-refractivity contribution < 1.29 is 0 Å². The molecule has 2 aromatic rings. The Bertz CT molecular complexity index is 361. The van der Waals surface area contributed by atoms with E-state index in [1.807, 2.05) is 11.3 Å². The fourth-order valence-corrected chi connectivity index (χ4v) is 2.47. The Morgan fingerprint density at radius 3 is 2.50 bits per heavy atom. The van der Waals surface area contributed by atoms with Gasteiger partial charge in [0, 0.05) is 4.88 Å². The van der Waals surface area contributed by atoms with Gasteiger partial charge < -0.3 is 0 Å². The molecule has 0 saturated carbocycles. The first-order chi connectivity index (χ1) is 6.86. The lowest BCUT2D eigenvalue weighted by Crippen LogP contribution is -1.95. The van der Waals surface area contributed by atoms with Gasteiger partial charge in [0.15, 0.2) is 0 Å². The Morgan fingerprint density at radius 1 is 1.07 bits per heavy atom. The molecule has 72 valence electrons. The van der Waals surface area contributed by atoms with Crippen molar-refractivity contribution in [2.45, 2.75) is 19.3 Å². The predicted octanol–water partition coefficient (Wildman–Crippen LogP) is 4.09. The third-order valence-electron chi connectivity index (χ3n) is 2.46. The molecule has 0 aliphatic rings. The van der Waals surface area contributed by atoms with Crippen LogP contribution in [-0.2, 0) is 6.42 Å². The van der Waals surface area contributed by atoms with Crippen molar-refractivity contribution in [1.82, 2.24) is 0 Å². The van der Waals surface area contributed by atoms with Crippen LogP contribution in [0.2, 0.25) is 0 Å². The standard InChI is InChI=1S/C13H14S/c1-11(10-13-8-5-9-14-13)12-6-3-2-4-7-12/h2-9,11H,10H2,1H3. The lowest BCUT2D eigenvalue weighted by Gasteiger charge is -2.09. The molecule has 2 rings (SSSR count). The average Bonchev–Trinajstić information content (AvgIpc) is 2.72. The first-order valence-corrected chi connectivity index (χ1v) is 5.81. The van der Waals surface area contributed by atoms with Crippen molar-refractivity contribution in [2.75, 3.05) is 0 Å². The van der Waals surface area contributed by atoms with Gasteiger partial charge >= 0.3 is 0 Å². The van der Waals surface area contributed by atoms with Crippen LogP contribution in [0.15, 0.2) is 47.8 Å². The van der Waals surface area contributed by atoms with E-state index in [1.54, 1.807) is 0 Å². The fourth-order valence-electron chi connectivity index (χ4n) is 1.63. The molecule has 0 amide bonds. The van der Waals surface area contributed by atoms with E-state index >= 15 is 0 Å². The number of benzene rings is 1. The number of hydrogen-bond acceptors (Lipinski definition) is 1. The summed E-state index contributed by atoms with van der Waals surface area (Å²) in [4.78, 5) is 1.47. The van der Waals surface area contributed by atoms with Crippen LogP contribution in [-0.4, -0.2) is 0 Å². The second-order valence-corrected chi connectivity index (χ2v) is 4.63. The van der Waals surface area contributed by atoms with Gasteiger partial charge in [-0.05, 0) is 29.3 Å². The molecule has 0 spiro atoms. The van der Waals surface area contributed by atoms with Crippen LogP contribution >= 0.6 is 11.3 Å². The van der Waals surface area contributed by atoms with Crippen LogP contribution in [0.25, 0.3) is 0 Å². The van der Waals surface area contributed by atoms with Crippen molar-refractivity contribution in [2.24, 2.45) is 0 Å². The Balaban J connectivity index is 2.07. The molecular weight excluding hydrogens is 188 g/mol. The van der Waals surface area contributed by atoms with Crippen molar-refractivity contribution in [3.8, 4) is 0 Å². The van der Waals surface area contributed by atoms with E-state index in [9.17, 15) is 0 Å². The highest BCUT2D eigenvalue weighted by Crippen LogP contribution is 2.22. The molecule has 0 fully saturated rings. The molecule has 1 heterocycles. The normalized spacial score (nSPS) is 12.6. The predicted molar refractivity (Wildman–Crippen MR) is 62.9 cm³/mol. The smallest absolute Gasteiger partial charge is 0.00511 e. The Hall–Kier alpha value is -1.08. The lowest BCUT2D eigenvalue weighted by atomic mass is 9.97. The summed E-state index contributed by atoms with van der Waals surface area (Å²) >= 11 is 1.85. The fraction of sp³-hybridized carbons (Fsp3) is 0.231. The molecule has 0 bridgehead atoms. The molecule has 1 unspecified atom stereocenters. The Morgan fingerprint density at radius 2 is 1.86 bits per heavy atom. The maximum Gasteiger partial charge on any atom is 0.00511 e. The maximum absolute atomic E-state index is 2.29. The highest BCUT2D eigenvalue weighted by Gasteiger charge is 2.05. The van der Waals surface area contributed by atoms with E-state index in [0.29, 0.717) is 5.92 Å². The van der Waals surface area contributed by atoms with Gasteiger partial charge in [-0.1, -0.05) is 43.3 Å². The zero-order chi connectivity index (χ0) is 9.80. The highest BCUT2D eigenvalue weighted by molar-refractivity contribution is 7.09. The molecule has 0 saturated heterocycles. The second-order valence-electron chi connectivity index (χ2n) is 3.60. The first-order valence-electron chi connectivity index (χ1n) is 4.93. The van der Waals surface area contributed by atoms with Crippen molar-refractivity contribution in [3.63, 3.8) is 0 Å². The van der Waals surface area contributed by atoms with Gasteiger partial charge in [0.25, 0.3) is 0 Å². The number of thiophene rings is 1. The largest absolute Gasteiger partial charge is 0.149 e. The van der Waals surface area contributed by atoms with Crippen LogP contribution in [0, 0.1) is 0 Å². The zero-order valence-electron chi connectivity index (χ0n) is 8.31. The van der Waals surface area contributed by atoms with Crippen LogP contribution in [0.5, 0.6) is 0 Å². The van der Waals surface area contributed by atoms with E-state index < -0.39 is 0 Å². The number of rotatable bonds is 3. The molecule has 1 aromatic heterocycles. The summed E-state index contributed by atoms with van der Waals surface area (Å²) in [6, 6.07) is 15.0. The van der Waals surface area contributed by atoms with Crippen molar-refractivity contribution >= 4 is 11.3 Å². The van der Waals surface area contributed by atoms with Crippen LogP contribution < -0.4 is 0 Å². The Kier molecular flexibility index (Phi) is 3.00. The molecule has 1 aromatic carbocycles. The molecule has 1 atom stereocenters. The highest BCUT2D eigenvalue weighted by atomic mass is 32.1. The van der Waals surface area contributed by atoms with Crippen molar-refractivity contribution in [3.05, 3.63) is 58.3 Å². The number of hydrogen-bond donors (Lipinski definition) is 0. The van der Waals surface area contributed by atoms with E-state index in [1.165, 1.54) is 10.4 Å². The van der Waals surface area contributed by atoms with Gasteiger partial charge in [0.05, 0.1) is 0 Å². The zero-order valence-corrected chi connectivity index (χ0v) is 9.13. The maximum atomic E-state index is 2.29. The van der Waals surface area contributed by atoms with Gasteiger partial charge in [-0.2, -0.15) is 0 Å². The summed E-state index contributed by atoms with van der Waals surface area (Å²) in [7, 11) is 0. The van der Waals surface area contributed by atoms with Crippen LogP contribution in [0.3, 0.4) is 0 Å². The van der Waals surface area contributed by atoms with Gasteiger partial charge in [0.2, 0.25) is 0 Å². The molecule has 0 aliphatic carbocycles. The minimum atomic E-state index is 0.620. The van der Waals surface area contributed by atoms with Crippen molar-refractivity contribution in [1.29, 1.82) is 0 Å². The second kappa shape index (κ2) is 4.43. The molecule has 0 aliphatic heterocycles. The van der Waals surface area contributed by atoms with E-state index in [4.69, 9.17) is 0 Å². The Labute approximate surface area is 89.2 Å². The monoisotopic (exact) mass is 202 g/mol.